The molecule has 2 aliphatic rings. The van der Waals surface area contributed by atoms with Crippen LogP contribution in [0.5, 0.6) is 5.75 Å². The molecular weight excluding hydrogens is 448 g/mol. The topological polar surface area (TPSA) is 55.8 Å². The molecule has 1 aromatic rings. The van der Waals surface area contributed by atoms with E-state index >= 15 is 0 Å². The van der Waals surface area contributed by atoms with Gasteiger partial charge in [0.15, 0.2) is 14.1 Å². The molecule has 1 aromatic carbocycles. The van der Waals surface area contributed by atoms with E-state index < -0.39 is 24.8 Å². The standard InChI is InChI=1S/C23H35BrO4Si/c1-21(2)16-12-13-22(21,3)23(14-16,28-29(5,6)7)20(26)18(24)19(25)15-8-10-17(27-4)11-9-15/h8-11,16,18-19,25H,12-14H2,1-7H3/t16-,18-,19+,22-,23+/m1/s1. The van der Waals surface area contributed by atoms with E-state index in [0.717, 1.165) is 25.0 Å². The van der Waals surface area contributed by atoms with Crippen LogP contribution >= 0.6 is 15.9 Å². The highest BCUT2D eigenvalue weighted by Crippen LogP contribution is 2.71. The number of ketones is 1. The van der Waals surface area contributed by atoms with Crippen molar-refractivity contribution in [3.63, 3.8) is 0 Å². The Morgan fingerprint density at radius 3 is 2.21 bits per heavy atom. The zero-order chi connectivity index (χ0) is 21.8. The summed E-state index contributed by atoms with van der Waals surface area (Å²) in [6.45, 7) is 13.2. The smallest absolute Gasteiger partial charge is 0.185 e. The summed E-state index contributed by atoms with van der Waals surface area (Å²) in [6, 6.07) is 7.23. The number of rotatable bonds is 7. The number of benzene rings is 1. The van der Waals surface area contributed by atoms with Crippen LogP contribution in [0, 0.1) is 16.7 Å². The Morgan fingerprint density at radius 1 is 1.21 bits per heavy atom. The molecule has 4 nitrogen and oxygen atoms in total. The normalized spacial score (nSPS) is 32.8. The number of aliphatic hydroxyl groups is 1. The molecule has 29 heavy (non-hydrogen) atoms. The molecule has 162 valence electrons. The van der Waals surface area contributed by atoms with Crippen molar-refractivity contribution in [3.05, 3.63) is 29.8 Å². The lowest BCUT2D eigenvalue weighted by molar-refractivity contribution is -0.152. The van der Waals surface area contributed by atoms with Crippen molar-refractivity contribution < 1.29 is 19.1 Å². The maximum Gasteiger partial charge on any atom is 0.185 e. The molecule has 0 heterocycles. The second-order valence-corrected chi connectivity index (χ2v) is 15.9. The van der Waals surface area contributed by atoms with Crippen LogP contribution in [0.4, 0.5) is 0 Å². The highest BCUT2D eigenvalue weighted by molar-refractivity contribution is 9.10. The SMILES string of the molecule is COc1ccc([C@H](O)[C@@H](Br)C(=O)[C@@]2(O[Si](C)(C)C)C[C@H]3CC[C@]2(C)C3(C)C)cc1. The predicted octanol–water partition coefficient (Wildman–Crippen LogP) is 5.50. The molecule has 0 aliphatic heterocycles. The van der Waals surface area contributed by atoms with E-state index in [-0.39, 0.29) is 16.6 Å². The van der Waals surface area contributed by atoms with Crippen LogP contribution in [-0.4, -0.2) is 36.7 Å². The quantitative estimate of drug-likeness (QED) is 0.411. The van der Waals surface area contributed by atoms with Gasteiger partial charge in [0.2, 0.25) is 0 Å². The largest absolute Gasteiger partial charge is 0.497 e. The zero-order valence-electron chi connectivity index (χ0n) is 18.7. The summed E-state index contributed by atoms with van der Waals surface area (Å²) in [4.78, 5) is 13.3. The maximum atomic E-state index is 14.0. The molecule has 0 spiro atoms. The summed E-state index contributed by atoms with van der Waals surface area (Å²) in [5.74, 6) is 1.17. The van der Waals surface area contributed by atoms with Crippen molar-refractivity contribution >= 4 is 30.0 Å². The highest BCUT2D eigenvalue weighted by atomic mass is 79.9. The summed E-state index contributed by atoms with van der Waals surface area (Å²) in [5.41, 5.74) is -0.379. The molecule has 6 heteroatoms. The molecule has 0 saturated heterocycles. The summed E-state index contributed by atoms with van der Waals surface area (Å²) >= 11 is 3.57. The number of hydrogen-bond donors (Lipinski definition) is 1. The van der Waals surface area contributed by atoms with E-state index in [1.54, 1.807) is 19.2 Å². The van der Waals surface area contributed by atoms with Crippen molar-refractivity contribution in [3.8, 4) is 5.75 Å². The minimum atomic E-state index is -2.02. The lowest BCUT2D eigenvalue weighted by Crippen LogP contribution is -2.61. The van der Waals surface area contributed by atoms with Gasteiger partial charge in [-0.15, -0.1) is 0 Å². The first-order chi connectivity index (χ1) is 13.3. The van der Waals surface area contributed by atoms with Gasteiger partial charge in [-0.3, -0.25) is 4.79 Å². The first kappa shape index (κ1) is 23.0. The highest BCUT2D eigenvalue weighted by Gasteiger charge is 2.73. The van der Waals surface area contributed by atoms with E-state index in [1.807, 2.05) is 12.1 Å². The number of carbonyl (C=O) groups excluding carboxylic acids is 1. The van der Waals surface area contributed by atoms with Crippen molar-refractivity contribution in [1.82, 2.24) is 0 Å². The summed E-state index contributed by atoms with van der Waals surface area (Å²) in [5, 5.41) is 11.0. The first-order valence-corrected chi connectivity index (χ1v) is 14.8. The molecule has 2 fully saturated rings. The average Bonchev–Trinajstić information content (AvgIpc) is 2.97. The van der Waals surface area contributed by atoms with Crippen LogP contribution in [-0.2, 0) is 9.22 Å². The first-order valence-electron chi connectivity index (χ1n) is 10.5. The number of aliphatic hydroxyl groups excluding tert-OH is 1. The van der Waals surface area contributed by atoms with E-state index in [9.17, 15) is 9.90 Å². The molecule has 0 radical (unpaired) electrons. The monoisotopic (exact) mass is 482 g/mol. The third kappa shape index (κ3) is 3.54. The van der Waals surface area contributed by atoms with Gasteiger partial charge >= 0.3 is 0 Å². The molecule has 3 rings (SSSR count). The second-order valence-electron chi connectivity index (χ2n) is 10.5. The number of methoxy groups -OCH3 is 1. The molecule has 0 amide bonds. The van der Waals surface area contributed by atoms with E-state index in [1.165, 1.54) is 0 Å². The number of carbonyl (C=O) groups is 1. The number of ether oxygens (including phenoxy) is 1. The van der Waals surface area contributed by atoms with Crippen LogP contribution in [0.3, 0.4) is 0 Å². The van der Waals surface area contributed by atoms with Gasteiger partial charge in [-0.25, -0.2) is 0 Å². The van der Waals surface area contributed by atoms with Crippen molar-refractivity contribution in [2.45, 2.75) is 76.2 Å². The van der Waals surface area contributed by atoms with Gasteiger partial charge in [-0.05, 0) is 67.9 Å². The lowest BCUT2D eigenvalue weighted by Gasteiger charge is -2.51. The molecule has 0 aromatic heterocycles. The summed E-state index contributed by atoms with van der Waals surface area (Å²) in [7, 11) is -0.408. The fourth-order valence-electron chi connectivity index (χ4n) is 5.68. The fourth-order valence-corrected chi connectivity index (χ4v) is 7.81. The van der Waals surface area contributed by atoms with Gasteiger partial charge in [0.25, 0.3) is 0 Å². The number of halogens is 1. The van der Waals surface area contributed by atoms with Crippen molar-refractivity contribution in [1.29, 1.82) is 0 Å². The van der Waals surface area contributed by atoms with Gasteiger partial charge in [-0.2, -0.15) is 0 Å². The number of hydrogen-bond acceptors (Lipinski definition) is 4. The van der Waals surface area contributed by atoms with E-state index in [2.05, 4.69) is 56.3 Å². The van der Waals surface area contributed by atoms with Crippen LogP contribution in [0.25, 0.3) is 0 Å². The lowest BCUT2D eigenvalue weighted by atomic mass is 9.62. The van der Waals surface area contributed by atoms with Crippen LogP contribution in [0.15, 0.2) is 24.3 Å². The Kier molecular flexibility index (Phi) is 5.92. The molecule has 2 saturated carbocycles. The molecule has 2 aliphatic carbocycles. The minimum absolute atomic E-state index is 0.0129. The number of fused-ring (bicyclic) bond motifs is 2. The van der Waals surface area contributed by atoms with Crippen LogP contribution in [0.2, 0.25) is 19.6 Å². The molecular formula is C23H35BrO4Si. The Hall–Kier alpha value is -0.693. The van der Waals surface area contributed by atoms with Gasteiger partial charge in [-0.1, -0.05) is 48.8 Å². The van der Waals surface area contributed by atoms with Gasteiger partial charge in [0.05, 0.1) is 13.2 Å². The molecule has 2 bridgehead atoms. The molecule has 1 N–H and O–H groups in total. The maximum absolute atomic E-state index is 14.0. The zero-order valence-corrected chi connectivity index (χ0v) is 21.3. The van der Waals surface area contributed by atoms with E-state index in [4.69, 9.17) is 9.16 Å². The average molecular weight is 484 g/mol. The van der Waals surface area contributed by atoms with Gasteiger partial charge in [0, 0.05) is 5.41 Å². The Labute approximate surface area is 184 Å². The third-order valence-corrected chi connectivity index (χ3v) is 9.60. The fraction of sp³-hybridized carbons (Fsp3) is 0.696. The molecule has 0 unspecified atom stereocenters. The van der Waals surface area contributed by atoms with Crippen molar-refractivity contribution in [2.75, 3.05) is 7.11 Å². The van der Waals surface area contributed by atoms with Gasteiger partial charge < -0.3 is 14.3 Å². The number of alkyl halides is 1. The summed E-state index contributed by atoms with van der Waals surface area (Å²) < 4.78 is 12.0. The van der Waals surface area contributed by atoms with Crippen LogP contribution in [0.1, 0.15) is 51.7 Å². The Morgan fingerprint density at radius 2 is 1.79 bits per heavy atom. The second kappa shape index (κ2) is 7.47. The molecule has 5 atom stereocenters. The van der Waals surface area contributed by atoms with Gasteiger partial charge in [0.1, 0.15) is 16.2 Å². The third-order valence-electron chi connectivity index (χ3n) is 7.72. The Bertz CT molecular complexity index is 772. The van der Waals surface area contributed by atoms with Crippen molar-refractivity contribution in [2.24, 2.45) is 16.7 Å². The minimum Gasteiger partial charge on any atom is -0.497 e. The summed E-state index contributed by atoms with van der Waals surface area (Å²) in [6.07, 6.45) is 1.93. The predicted molar refractivity (Wildman–Crippen MR) is 122 cm³/mol. The van der Waals surface area contributed by atoms with Crippen LogP contribution < -0.4 is 4.74 Å². The number of Topliss-reactive ketones (excluding diaryl/α,β-unsaturated/α-hetero) is 1. The Balaban J connectivity index is 1.97. The van der Waals surface area contributed by atoms with E-state index in [0.29, 0.717) is 11.5 Å².